The fraction of sp³-hybridized carbons (Fsp3) is 0.538. The van der Waals surface area contributed by atoms with E-state index in [2.05, 4.69) is 10.6 Å². The van der Waals surface area contributed by atoms with E-state index in [1.54, 1.807) is 11.4 Å². The summed E-state index contributed by atoms with van der Waals surface area (Å²) < 4.78 is 36.5. The van der Waals surface area contributed by atoms with Gasteiger partial charge in [0.1, 0.15) is 10.4 Å². The molecule has 1 aromatic heterocycles. The molecule has 2 heterocycles. The molecule has 9 nitrogen and oxygen atoms in total. The van der Waals surface area contributed by atoms with Crippen LogP contribution in [0.25, 0.3) is 0 Å². The Morgan fingerprint density at radius 3 is 2.83 bits per heavy atom. The molecule has 0 unspecified atom stereocenters. The number of nitrogens with one attached hydrogen (secondary N) is 2. The second-order valence-corrected chi connectivity index (χ2v) is 7.90. The molecule has 11 heteroatoms. The summed E-state index contributed by atoms with van der Waals surface area (Å²) in [6.07, 6.45) is -0.840. The van der Waals surface area contributed by atoms with Gasteiger partial charge in [0.05, 0.1) is 19.8 Å². The topological polar surface area (TPSA) is 114 Å². The third-order valence-corrected chi connectivity index (χ3v) is 6.50. The molecule has 0 radical (unpaired) electrons. The van der Waals surface area contributed by atoms with Crippen molar-refractivity contribution in [3.05, 3.63) is 17.5 Å². The van der Waals surface area contributed by atoms with Gasteiger partial charge in [-0.25, -0.2) is 8.42 Å². The first-order chi connectivity index (χ1) is 11.5. The largest absolute Gasteiger partial charge is 0.383 e. The maximum atomic E-state index is 12.5. The van der Waals surface area contributed by atoms with Gasteiger partial charge in [0.15, 0.2) is 0 Å². The Kier molecular flexibility index (Phi) is 6.69. The van der Waals surface area contributed by atoms with Gasteiger partial charge in [-0.1, -0.05) is 6.07 Å². The Morgan fingerprint density at radius 1 is 1.42 bits per heavy atom. The number of hydrogen-bond donors (Lipinski definition) is 2. The number of rotatable bonds is 7. The van der Waals surface area contributed by atoms with E-state index in [-0.39, 0.29) is 37.1 Å². The van der Waals surface area contributed by atoms with E-state index < -0.39 is 28.1 Å². The highest BCUT2D eigenvalue weighted by atomic mass is 32.2. The summed E-state index contributed by atoms with van der Waals surface area (Å²) >= 11 is 1.11. The smallest absolute Gasteiger partial charge is 0.309 e. The van der Waals surface area contributed by atoms with Crippen LogP contribution in [0, 0.1) is 0 Å². The molecule has 0 bridgehead atoms. The van der Waals surface area contributed by atoms with Gasteiger partial charge in [0.25, 0.3) is 10.0 Å². The first-order valence-corrected chi connectivity index (χ1v) is 9.50. The first-order valence-electron chi connectivity index (χ1n) is 7.18. The average Bonchev–Trinajstić information content (AvgIpc) is 3.24. The van der Waals surface area contributed by atoms with Gasteiger partial charge in [-0.05, 0) is 11.4 Å². The van der Waals surface area contributed by atoms with Gasteiger partial charge in [-0.15, -0.1) is 11.3 Å². The quantitative estimate of drug-likeness (QED) is 0.464. The van der Waals surface area contributed by atoms with Crippen molar-refractivity contribution in [2.75, 3.05) is 40.0 Å². The lowest BCUT2D eigenvalue weighted by Crippen LogP contribution is -2.47. The Bertz CT molecular complexity index is 661. The van der Waals surface area contributed by atoms with Crippen LogP contribution in [0.15, 0.2) is 21.7 Å². The maximum absolute atomic E-state index is 12.5. The summed E-state index contributed by atoms with van der Waals surface area (Å²) in [4.78, 5) is 23.2. The molecule has 24 heavy (non-hydrogen) atoms. The monoisotopic (exact) mass is 377 g/mol. The number of carbonyl (C=O) groups excluding carboxylic acids is 2. The van der Waals surface area contributed by atoms with Crippen molar-refractivity contribution in [3.63, 3.8) is 0 Å². The number of nitrogens with zero attached hydrogens (tertiary/aromatic N) is 1. The van der Waals surface area contributed by atoms with E-state index in [9.17, 15) is 18.0 Å². The van der Waals surface area contributed by atoms with Crippen LogP contribution in [0.4, 0.5) is 0 Å². The predicted octanol–water partition coefficient (Wildman–Crippen LogP) is -1.03. The van der Waals surface area contributed by atoms with Crippen LogP contribution in [-0.2, 0) is 29.1 Å². The fourth-order valence-corrected chi connectivity index (χ4v) is 4.70. The molecule has 0 spiro atoms. The number of carbonyl (C=O) groups is 2. The van der Waals surface area contributed by atoms with Crippen molar-refractivity contribution in [3.8, 4) is 0 Å². The predicted molar refractivity (Wildman–Crippen MR) is 85.8 cm³/mol. The highest BCUT2D eigenvalue weighted by Gasteiger charge is 2.37. The number of sulfonamides is 1. The van der Waals surface area contributed by atoms with Crippen molar-refractivity contribution in [1.82, 2.24) is 14.9 Å². The Morgan fingerprint density at radius 2 is 2.17 bits per heavy atom. The molecule has 0 aliphatic carbocycles. The zero-order valence-electron chi connectivity index (χ0n) is 13.1. The van der Waals surface area contributed by atoms with Crippen LogP contribution in [-0.4, -0.2) is 70.7 Å². The van der Waals surface area contributed by atoms with Crippen molar-refractivity contribution >= 4 is 33.2 Å². The van der Waals surface area contributed by atoms with Crippen molar-refractivity contribution in [1.29, 1.82) is 0 Å². The molecular formula is C13H19N3O6S2. The SMILES string of the molecule is COCCNC(=O)C(=O)NC[C@@H]1OCCN1S(=O)(=O)c1cccs1. The highest BCUT2D eigenvalue weighted by Crippen LogP contribution is 2.25. The third kappa shape index (κ3) is 4.51. The minimum Gasteiger partial charge on any atom is -0.383 e. The van der Waals surface area contributed by atoms with Crippen LogP contribution < -0.4 is 10.6 Å². The van der Waals surface area contributed by atoms with E-state index in [0.717, 1.165) is 11.3 Å². The molecule has 0 saturated carbocycles. The number of ether oxygens (including phenoxy) is 2. The lowest BCUT2D eigenvalue weighted by Gasteiger charge is -2.22. The van der Waals surface area contributed by atoms with Crippen molar-refractivity contribution in [2.45, 2.75) is 10.4 Å². The summed E-state index contributed by atoms with van der Waals surface area (Å²) in [5.74, 6) is -1.66. The van der Waals surface area contributed by atoms with Crippen LogP contribution in [0.5, 0.6) is 0 Å². The molecule has 1 saturated heterocycles. The van der Waals surface area contributed by atoms with E-state index >= 15 is 0 Å². The molecule has 1 atom stereocenters. The number of methoxy groups -OCH3 is 1. The molecule has 1 aromatic rings. The molecule has 1 aliphatic heterocycles. The van der Waals surface area contributed by atoms with E-state index in [4.69, 9.17) is 9.47 Å². The lowest BCUT2D eigenvalue weighted by molar-refractivity contribution is -0.139. The molecule has 134 valence electrons. The molecule has 2 N–H and O–H groups in total. The number of amides is 2. The number of hydrogen-bond acceptors (Lipinski definition) is 7. The van der Waals surface area contributed by atoms with Gasteiger partial charge >= 0.3 is 11.8 Å². The van der Waals surface area contributed by atoms with Crippen molar-refractivity contribution < 1.29 is 27.5 Å². The zero-order chi connectivity index (χ0) is 17.6. The van der Waals surface area contributed by atoms with Crippen LogP contribution in [0.1, 0.15) is 0 Å². The normalized spacial score (nSPS) is 18.5. The summed E-state index contributed by atoms with van der Waals surface area (Å²) in [6.45, 7) is 0.812. The average molecular weight is 377 g/mol. The minimum atomic E-state index is -3.67. The minimum absolute atomic E-state index is 0.110. The molecule has 1 aliphatic rings. The molecule has 0 aromatic carbocycles. The van der Waals surface area contributed by atoms with Crippen LogP contribution >= 0.6 is 11.3 Å². The van der Waals surface area contributed by atoms with E-state index in [1.165, 1.54) is 17.5 Å². The summed E-state index contributed by atoms with van der Waals surface area (Å²) in [6, 6.07) is 3.16. The summed E-state index contributed by atoms with van der Waals surface area (Å²) in [5, 5.41) is 6.43. The van der Waals surface area contributed by atoms with Crippen molar-refractivity contribution in [2.24, 2.45) is 0 Å². The van der Waals surface area contributed by atoms with Crippen LogP contribution in [0.2, 0.25) is 0 Å². The lowest BCUT2D eigenvalue weighted by atomic mass is 10.4. The Labute approximate surface area is 144 Å². The van der Waals surface area contributed by atoms with Crippen LogP contribution in [0.3, 0.4) is 0 Å². The molecular weight excluding hydrogens is 358 g/mol. The summed E-state index contributed by atoms with van der Waals surface area (Å²) in [7, 11) is -2.19. The van der Waals surface area contributed by atoms with Gasteiger partial charge in [0.2, 0.25) is 0 Å². The van der Waals surface area contributed by atoms with Gasteiger partial charge in [-0.3, -0.25) is 9.59 Å². The molecule has 1 fully saturated rings. The molecule has 2 rings (SSSR count). The Hall–Kier alpha value is -1.53. The van der Waals surface area contributed by atoms with E-state index in [0.29, 0.717) is 0 Å². The van der Waals surface area contributed by atoms with Gasteiger partial charge < -0.3 is 20.1 Å². The fourth-order valence-electron chi connectivity index (χ4n) is 2.07. The third-order valence-electron chi connectivity index (χ3n) is 3.24. The maximum Gasteiger partial charge on any atom is 0.309 e. The Balaban J connectivity index is 1.90. The molecule has 2 amide bonds. The second-order valence-electron chi connectivity index (χ2n) is 4.83. The standard InChI is InChI=1S/C13H19N3O6S2/c1-21-6-4-14-12(17)13(18)15-9-10-16(5-7-22-10)24(19,20)11-3-2-8-23-11/h2-3,8,10H,4-7,9H2,1H3,(H,14,17)(H,15,18)/t10-/m0/s1. The number of thiophene rings is 1. The highest BCUT2D eigenvalue weighted by molar-refractivity contribution is 7.91. The zero-order valence-corrected chi connectivity index (χ0v) is 14.7. The second kappa shape index (κ2) is 8.53. The van der Waals surface area contributed by atoms with Gasteiger partial charge in [-0.2, -0.15) is 4.31 Å². The first kappa shape index (κ1) is 18.8. The summed E-state index contributed by atoms with van der Waals surface area (Å²) in [5.41, 5.74) is 0. The van der Waals surface area contributed by atoms with Gasteiger partial charge in [0, 0.05) is 20.2 Å². The van der Waals surface area contributed by atoms with E-state index in [1.807, 2.05) is 0 Å².